The van der Waals surface area contributed by atoms with Crippen LogP contribution in [0.5, 0.6) is 0 Å². The highest BCUT2D eigenvalue weighted by atomic mass is 127. The third-order valence-corrected chi connectivity index (χ3v) is 5.58. The molecule has 22 heavy (non-hydrogen) atoms. The van der Waals surface area contributed by atoms with Crippen LogP contribution in [0.15, 0.2) is 0 Å². The summed E-state index contributed by atoms with van der Waals surface area (Å²) < 4.78 is 2.40. The lowest BCUT2D eigenvalue weighted by molar-refractivity contribution is -0.921. The van der Waals surface area contributed by atoms with Crippen LogP contribution < -0.4 is 48.0 Å². The molecule has 0 aliphatic heterocycles. The van der Waals surface area contributed by atoms with Gasteiger partial charge in [-0.05, 0) is 25.7 Å². The molecular weight excluding hydrogens is 498 g/mol. The first-order chi connectivity index (χ1) is 9.25. The number of unbranched alkanes of at least 4 members (excludes halogenated alkanes) is 1. The van der Waals surface area contributed by atoms with Gasteiger partial charge in [-0.25, -0.2) is 0 Å². The van der Waals surface area contributed by atoms with Crippen molar-refractivity contribution in [1.82, 2.24) is 0 Å². The molecule has 0 amide bonds. The Balaban J connectivity index is -0.00000180. The highest BCUT2D eigenvalue weighted by Gasteiger charge is 2.27. The van der Waals surface area contributed by atoms with Gasteiger partial charge in [0.05, 0.1) is 53.4 Å². The van der Waals surface area contributed by atoms with Crippen molar-refractivity contribution in [2.45, 2.75) is 78.3 Å². The number of halogens is 2. The fourth-order valence-electron chi connectivity index (χ4n) is 3.96. The first kappa shape index (κ1) is 28.2. The predicted molar refractivity (Wildman–Crippen MR) is 91.9 cm³/mol. The van der Waals surface area contributed by atoms with Crippen molar-refractivity contribution in [3.05, 3.63) is 0 Å². The molecule has 0 saturated heterocycles. The van der Waals surface area contributed by atoms with Crippen molar-refractivity contribution >= 4 is 0 Å². The number of hydrogen-bond acceptors (Lipinski definition) is 0. The zero-order valence-electron chi connectivity index (χ0n) is 16.5. The lowest BCUT2D eigenvalue weighted by atomic mass is 10.1. The van der Waals surface area contributed by atoms with Crippen molar-refractivity contribution in [3.8, 4) is 0 Å². The molecule has 0 radical (unpaired) electrons. The van der Waals surface area contributed by atoms with E-state index in [0.717, 1.165) is 12.1 Å². The lowest BCUT2D eigenvalue weighted by Crippen LogP contribution is -3.00. The average Bonchev–Trinajstić information content (AvgIpc) is 2.37. The van der Waals surface area contributed by atoms with Gasteiger partial charge in [-0.1, -0.05) is 27.7 Å². The van der Waals surface area contributed by atoms with Gasteiger partial charge in [-0.15, -0.1) is 0 Å². The van der Waals surface area contributed by atoms with E-state index >= 15 is 0 Å². The van der Waals surface area contributed by atoms with E-state index in [1.807, 2.05) is 0 Å². The molecule has 0 saturated carbocycles. The molecule has 0 atom stereocenters. The molecule has 0 aromatic carbocycles. The Labute approximate surface area is 175 Å². The van der Waals surface area contributed by atoms with Gasteiger partial charge in [0.25, 0.3) is 0 Å². The summed E-state index contributed by atoms with van der Waals surface area (Å²) in [6.07, 6.45) is 7.95. The van der Waals surface area contributed by atoms with Gasteiger partial charge in [0.2, 0.25) is 0 Å². The highest BCUT2D eigenvalue weighted by molar-refractivity contribution is 4.55. The summed E-state index contributed by atoms with van der Waals surface area (Å²) >= 11 is 0. The summed E-state index contributed by atoms with van der Waals surface area (Å²) in [7, 11) is 9.66. The van der Waals surface area contributed by atoms with E-state index in [-0.39, 0.29) is 48.0 Å². The molecular formula is C18H42I2N2. The predicted octanol–water partition coefficient (Wildman–Crippen LogP) is -1.70. The number of quaternary nitrogens is 2. The van der Waals surface area contributed by atoms with E-state index in [2.05, 4.69) is 55.9 Å². The Morgan fingerprint density at radius 2 is 0.773 bits per heavy atom. The van der Waals surface area contributed by atoms with Crippen LogP contribution in [0.25, 0.3) is 0 Å². The summed E-state index contributed by atoms with van der Waals surface area (Å²) in [5, 5.41) is 0. The molecule has 0 aliphatic rings. The minimum atomic E-state index is 0. The maximum Gasteiger partial charge on any atom is 0.0880 e. The smallest absolute Gasteiger partial charge is 0.0880 e. The van der Waals surface area contributed by atoms with Crippen molar-refractivity contribution in [1.29, 1.82) is 0 Å². The van der Waals surface area contributed by atoms with Gasteiger partial charge in [-0.2, -0.15) is 0 Å². The van der Waals surface area contributed by atoms with E-state index in [0.29, 0.717) is 0 Å². The minimum Gasteiger partial charge on any atom is -1.00 e. The zero-order chi connectivity index (χ0) is 15.8. The minimum absolute atomic E-state index is 0. The van der Waals surface area contributed by atoms with Crippen LogP contribution in [0.2, 0.25) is 0 Å². The monoisotopic (exact) mass is 540 g/mol. The third kappa shape index (κ3) is 9.62. The molecule has 0 spiro atoms. The van der Waals surface area contributed by atoms with Crippen LogP contribution in [0.3, 0.4) is 0 Å². The van der Waals surface area contributed by atoms with Crippen LogP contribution in [0.4, 0.5) is 0 Å². The van der Waals surface area contributed by atoms with E-state index in [1.165, 1.54) is 60.6 Å². The normalized spacial score (nSPS) is 12.3. The molecule has 0 aromatic rings. The Kier molecular flexibility index (Phi) is 17.5. The maximum absolute atomic E-state index is 2.42. The summed E-state index contributed by atoms with van der Waals surface area (Å²) in [5.41, 5.74) is 0. The first-order valence-corrected chi connectivity index (χ1v) is 8.90. The van der Waals surface area contributed by atoms with Crippen molar-refractivity contribution < 1.29 is 56.9 Å². The molecule has 0 bridgehead atoms. The van der Waals surface area contributed by atoms with Gasteiger partial charge in [0.15, 0.2) is 0 Å². The van der Waals surface area contributed by atoms with Crippen molar-refractivity contribution in [3.63, 3.8) is 0 Å². The van der Waals surface area contributed by atoms with Crippen LogP contribution in [-0.4, -0.2) is 62.3 Å². The molecule has 4 heteroatoms. The topological polar surface area (TPSA) is 0 Å². The van der Waals surface area contributed by atoms with E-state index in [9.17, 15) is 0 Å². The summed E-state index contributed by atoms with van der Waals surface area (Å²) in [4.78, 5) is 0. The molecule has 0 N–H and O–H groups in total. The molecule has 0 aliphatic carbocycles. The first-order valence-electron chi connectivity index (χ1n) is 8.90. The van der Waals surface area contributed by atoms with Gasteiger partial charge >= 0.3 is 0 Å². The Bertz CT molecular complexity index is 221. The molecule has 138 valence electrons. The number of hydrogen-bond donors (Lipinski definition) is 0. The second-order valence-corrected chi connectivity index (χ2v) is 7.65. The van der Waals surface area contributed by atoms with Gasteiger partial charge in [0.1, 0.15) is 0 Å². The van der Waals surface area contributed by atoms with Gasteiger partial charge in [-0.3, -0.25) is 0 Å². The second kappa shape index (κ2) is 13.6. The number of nitrogens with zero attached hydrogens (tertiary/aromatic N) is 2. The average molecular weight is 540 g/mol. The van der Waals surface area contributed by atoms with Crippen LogP contribution in [0, 0.1) is 0 Å². The molecule has 0 heterocycles. The van der Waals surface area contributed by atoms with E-state index in [4.69, 9.17) is 0 Å². The summed E-state index contributed by atoms with van der Waals surface area (Å²) in [5.74, 6) is 0. The van der Waals surface area contributed by atoms with Crippen LogP contribution >= 0.6 is 0 Å². The molecule has 2 nitrogen and oxygen atoms in total. The van der Waals surface area contributed by atoms with E-state index in [1.54, 1.807) is 0 Å². The van der Waals surface area contributed by atoms with Gasteiger partial charge < -0.3 is 56.9 Å². The van der Waals surface area contributed by atoms with Crippen molar-refractivity contribution in [2.24, 2.45) is 0 Å². The molecule has 0 aromatic heterocycles. The summed E-state index contributed by atoms with van der Waals surface area (Å²) in [6, 6.07) is 1.66. The Morgan fingerprint density at radius 1 is 0.545 bits per heavy atom. The van der Waals surface area contributed by atoms with Crippen LogP contribution in [0.1, 0.15) is 66.2 Å². The third-order valence-electron chi connectivity index (χ3n) is 5.58. The molecule has 0 unspecified atom stereocenters. The Morgan fingerprint density at radius 3 is 0.955 bits per heavy atom. The largest absolute Gasteiger partial charge is 1.00 e. The van der Waals surface area contributed by atoms with Crippen molar-refractivity contribution in [2.75, 3.05) is 41.3 Å². The van der Waals surface area contributed by atoms with Crippen LogP contribution in [-0.2, 0) is 0 Å². The summed E-state index contributed by atoms with van der Waals surface area (Å²) in [6.45, 7) is 12.0. The van der Waals surface area contributed by atoms with E-state index < -0.39 is 0 Å². The SMILES string of the molecule is CCC(CC)[N+](C)(C)CCCC[N+](C)(C)C(CC)CC.[I-].[I-]. The molecule has 0 fully saturated rings. The van der Waals surface area contributed by atoms with Gasteiger partial charge in [0, 0.05) is 12.8 Å². The zero-order valence-corrected chi connectivity index (χ0v) is 20.8. The second-order valence-electron chi connectivity index (χ2n) is 7.65. The standard InChI is InChI=1S/C18H42N2.2HI/c1-9-17(10-2)19(5,6)15-13-14-16-20(7,8)18(11-3)12-4;;/h17-18H,9-16H2,1-8H3;2*1H/q+2;;/p-2. The quantitative estimate of drug-likeness (QED) is 0.167. The Hall–Kier alpha value is 1.38. The molecule has 0 rings (SSSR count). The maximum atomic E-state index is 2.42. The fraction of sp³-hybridized carbons (Fsp3) is 1.00. The highest BCUT2D eigenvalue weighted by Crippen LogP contribution is 2.18. The lowest BCUT2D eigenvalue weighted by Gasteiger charge is -2.39. The fourth-order valence-corrected chi connectivity index (χ4v) is 3.96. The number of rotatable bonds is 11.